The summed E-state index contributed by atoms with van der Waals surface area (Å²) >= 11 is 6.63. The van der Waals surface area contributed by atoms with E-state index in [1.165, 1.54) is 25.7 Å². The minimum atomic E-state index is -0.298. The molecule has 7 nitrogen and oxygen atoms in total. The monoisotopic (exact) mass is 861 g/mol. The fourth-order valence-corrected chi connectivity index (χ4v) is 10.9. The van der Waals surface area contributed by atoms with Crippen LogP contribution in [-0.4, -0.2) is 53.8 Å². The van der Waals surface area contributed by atoms with E-state index in [0.717, 1.165) is 89.4 Å². The quantitative estimate of drug-likeness (QED) is 0.0976. The third-order valence-electron chi connectivity index (χ3n) is 11.1. The Morgan fingerprint density at radius 2 is 1.07 bits per heavy atom. The summed E-state index contributed by atoms with van der Waals surface area (Å²) < 4.78 is 0. The van der Waals surface area contributed by atoms with Gasteiger partial charge in [-0.2, -0.15) is 10.5 Å². The second kappa shape index (κ2) is 21.1. The van der Waals surface area contributed by atoms with Gasteiger partial charge in [-0.15, -0.1) is 23.5 Å². The smallest absolute Gasteiger partial charge is 0.245 e. The zero-order valence-electron chi connectivity index (χ0n) is 33.0. The normalized spacial score (nSPS) is 20.4. The van der Waals surface area contributed by atoms with Gasteiger partial charge in [0.1, 0.15) is 10.5 Å². The van der Waals surface area contributed by atoms with E-state index in [1.807, 2.05) is 76.5 Å². The molecule has 0 spiro atoms. The number of carbonyl (C=O) groups excluding carboxylic acids is 2. The molecule has 3 aliphatic rings. The Bertz CT molecular complexity index is 2070. The van der Waals surface area contributed by atoms with Gasteiger partial charge in [0.2, 0.25) is 11.8 Å². The van der Waals surface area contributed by atoms with Crippen molar-refractivity contribution in [1.82, 2.24) is 4.90 Å². The van der Waals surface area contributed by atoms with Gasteiger partial charge in [0.05, 0.1) is 34.6 Å². The summed E-state index contributed by atoms with van der Waals surface area (Å²) in [7, 11) is 0. The highest BCUT2D eigenvalue weighted by Crippen LogP contribution is 2.48. The minimum Gasteiger partial charge on any atom is -0.310 e. The van der Waals surface area contributed by atoms with Gasteiger partial charge >= 0.3 is 0 Å². The predicted molar refractivity (Wildman–Crippen MR) is 238 cm³/mol. The summed E-state index contributed by atoms with van der Waals surface area (Å²) in [6.07, 6.45) is 10.5. The summed E-state index contributed by atoms with van der Waals surface area (Å²) in [5.74, 6) is 0.236. The number of hydrogen-bond acceptors (Lipinski definition) is 7. The molecule has 1 saturated heterocycles. The third-order valence-corrected chi connectivity index (χ3v) is 14.3. The maximum Gasteiger partial charge on any atom is 0.245 e. The third kappa shape index (κ3) is 10.7. The van der Waals surface area contributed by atoms with Crippen molar-refractivity contribution in [1.29, 1.82) is 10.5 Å². The van der Waals surface area contributed by atoms with Gasteiger partial charge < -0.3 is 9.80 Å². The lowest BCUT2D eigenvalue weighted by Gasteiger charge is -2.39. The van der Waals surface area contributed by atoms with Crippen molar-refractivity contribution in [3.8, 4) is 12.1 Å². The number of para-hydroxylation sites is 2. The molecular weight excluding hydrogens is 811 g/mol. The molecule has 0 aromatic heterocycles. The highest BCUT2D eigenvalue weighted by Gasteiger charge is 2.36. The van der Waals surface area contributed by atoms with Gasteiger partial charge in [-0.05, 0) is 119 Å². The molecule has 4 aromatic rings. The Hall–Kier alpha value is -4.06. The molecule has 3 heterocycles. The summed E-state index contributed by atoms with van der Waals surface area (Å²) in [6.45, 7) is 7.36. The van der Waals surface area contributed by atoms with Gasteiger partial charge in [-0.1, -0.05) is 83.7 Å². The Morgan fingerprint density at radius 3 is 1.54 bits per heavy atom. The van der Waals surface area contributed by atoms with Crippen LogP contribution in [0.25, 0.3) is 0 Å². The number of fused-ring (bicyclic) bond motifs is 2. The standard InChI is InChI=1S/C27H33N3OS.C20H19BrN2OS/c1-20-10-8-11-21(2)29(20)16-6-3-7-17-30-24-14-4-5-15-25(24)32-26(27(30)31)23-13-9-12-22(18-23)19-28;21-11-4-1-5-12-23-17-9-2-3-10-18(17)25-19(20(23)24)16-8-6-7-15(13-16)14-22/h4-5,9,12-15,18,20-21,26H,3,6-8,10-11,16-17H2,1-2H3;2-3,6-10,13,19H,1,4-5,11-12H2/t20-,21+,26?;. The van der Waals surface area contributed by atoms with Crippen LogP contribution >= 0.6 is 39.5 Å². The number of hydrogen-bond donors (Lipinski definition) is 0. The maximum absolute atomic E-state index is 13.5. The van der Waals surface area contributed by atoms with Crippen LogP contribution in [0.1, 0.15) is 104 Å². The van der Waals surface area contributed by atoms with Crippen LogP contribution in [0.5, 0.6) is 0 Å². The topological polar surface area (TPSA) is 91.4 Å². The van der Waals surface area contributed by atoms with E-state index in [9.17, 15) is 14.9 Å². The number of unbranched alkanes of at least 4 members (excludes halogenated alkanes) is 4. The number of carbonyl (C=O) groups is 2. The number of thioether (sulfide) groups is 2. The van der Waals surface area contributed by atoms with Crippen molar-refractivity contribution in [3.05, 3.63) is 119 Å². The molecule has 4 aromatic carbocycles. The van der Waals surface area contributed by atoms with E-state index >= 15 is 0 Å². The largest absolute Gasteiger partial charge is 0.310 e. The highest BCUT2D eigenvalue weighted by molar-refractivity contribution is 9.09. The first kappa shape index (κ1) is 42.5. The Kier molecular flexibility index (Phi) is 15.7. The molecule has 2 amide bonds. The number of rotatable bonds is 13. The van der Waals surface area contributed by atoms with E-state index in [4.69, 9.17) is 5.26 Å². The van der Waals surface area contributed by atoms with E-state index in [-0.39, 0.29) is 22.3 Å². The number of likely N-dealkylation sites (tertiary alicyclic amines) is 1. The van der Waals surface area contributed by atoms with Crippen LogP contribution in [-0.2, 0) is 9.59 Å². The van der Waals surface area contributed by atoms with Crippen molar-refractivity contribution in [2.75, 3.05) is 34.8 Å². The van der Waals surface area contributed by atoms with Crippen LogP contribution in [0.15, 0.2) is 107 Å². The van der Waals surface area contributed by atoms with Gasteiger partial charge in [0.15, 0.2) is 0 Å². The highest BCUT2D eigenvalue weighted by atomic mass is 79.9. The SMILES string of the molecule is C[C@@H]1CCC[C@H](C)N1CCCCCN1C(=O)C(c2cccc(C#N)c2)Sc2ccccc21.N#Cc1cccc(C2Sc3ccccc3N(CCCCCBr)C2=O)c1. The lowest BCUT2D eigenvalue weighted by Crippen LogP contribution is -2.44. The molecule has 2 unspecified atom stereocenters. The fourth-order valence-electron chi connectivity index (χ4n) is 8.06. The molecule has 296 valence electrons. The number of benzene rings is 4. The van der Waals surface area contributed by atoms with E-state index in [0.29, 0.717) is 23.2 Å². The number of halogens is 1. The summed E-state index contributed by atoms with van der Waals surface area (Å²) in [6, 6.07) is 36.9. The second-order valence-corrected chi connectivity index (χ2v) is 18.1. The number of amides is 2. The summed E-state index contributed by atoms with van der Waals surface area (Å²) in [5, 5.41) is 18.8. The second-order valence-electron chi connectivity index (χ2n) is 15.1. The first-order chi connectivity index (χ1) is 27.8. The molecule has 0 aliphatic carbocycles. The zero-order chi connectivity index (χ0) is 40.1. The molecule has 3 aliphatic heterocycles. The number of nitriles is 2. The molecule has 1 fully saturated rings. The van der Waals surface area contributed by atoms with Crippen molar-refractivity contribution in [3.63, 3.8) is 0 Å². The lowest BCUT2D eigenvalue weighted by atomic mass is 9.97. The summed E-state index contributed by atoms with van der Waals surface area (Å²) in [4.78, 5) is 35.5. The van der Waals surface area contributed by atoms with Crippen molar-refractivity contribution < 1.29 is 9.59 Å². The van der Waals surface area contributed by atoms with Crippen molar-refractivity contribution in [2.45, 2.75) is 104 Å². The van der Waals surface area contributed by atoms with E-state index < -0.39 is 0 Å². The molecule has 0 bridgehead atoms. The first-order valence-corrected chi connectivity index (χ1v) is 23.2. The molecule has 4 atom stereocenters. The molecule has 57 heavy (non-hydrogen) atoms. The Balaban J connectivity index is 0.000000199. The molecule has 0 saturated carbocycles. The molecular formula is C47H52BrN5O2S2. The average molecular weight is 863 g/mol. The number of alkyl halides is 1. The zero-order valence-corrected chi connectivity index (χ0v) is 36.2. The number of nitrogens with zero attached hydrogens (tertiary/aromatic N) is 5. The van der Waals surface area contributed by atoms with Gasteiger partial charge in [-0.25, -0.2) is 0 Å². The van der Waals surface area contributed by atoms with Crippen LogP contribution in [0.2, 0.25) is 0 Å². The van der Waals surface area contributed by atoms with Crippen LogP contribution in [0, 0.1) is 22.7 Å². The van der Waals surface area contributed by atoms with Crippen molar-refractivity contribution >= 4 is 62.6 Å². The molecule has 7 rings (SSSR count). The average Bonchev–Trinajstić information content (AvgIpc) is 3.24. The summed E-state index contributed by atoms with van der Waals surface area (Å²) in [5.41, 5.74) is 5.02. The molecule has 0 N–H and O–H groups in total. The van der Waals surface area contributed by atoms with E-state index in [2.05, 4.69) is 65.0 Å². The molecule has 0 radical (unpaired) electrons. The van der Waals surface area contributed by atoms with Gasteiger partial charge in [-0.3, -0.25) is 14.5 Å². The number of anilines is 2. The predicted octanol–water partition coefficient (Wildman–Crippen LogP) is 11.5. The van der Waals surface area contributed by atoms with Gasteiger partial charge in [0.25, 0.3) is 0 Å². The van der Waals surface area contributed by atoms with E-state index in [1.54, 1.807) is 35.7 Å². The number of piperidine rings is 1. The van der Waals surface area contributed by atoms with Crippen LogP contribution < -0.4 is 9.80 Å². The Morgan fingerprint density at radius 1 is 0.614 bits per heavy atom. The molecule has 10 heteroatoms. The van der Waals surface area contributed by atoms with Crippen molar-refractivity contribution in [2.24, 2.45) is 0 Å². The minimum absolute atomic E-state index is 0.109. The fraction of sp³-hybridized carbons (Fsp3) is 0.404. The lowest BCUT2D eigenvalue weighted by molar-refractivity contribution is -0.119. The van der Waals surface area contributed by atoms with Gasteiger partial charge in [0, 0.05) is 40.3 Å². The Labute approximate surface area is 355 Å². The first-order valence-electron chi connectivity index (χ1n) is 20.3. The maximum atomic E-state index is 13.5. The van der Waals surface area contributed by atoms with Crippen LogP contribution in [0.3, 0.4) is 0 Å². The van der Waals surface area contributed by atoms with Crippen LogP contribution in [0.4, 0.5) is 11.4 Å².